The molecule has 0 spiro atoms. The van der Waals surface area contributed by atoms with Gasteiger partial charge < -0.3 is 9.84 Å². The van der Waals surface area contributed by atoms with Crippen molar-refractivity contribution < 1.29 is 14.6 Å². The maximum absolute atomic E-state index is 10.9. The number of ether oxygens (including phenoxy) is 1. The van der Waals surface area contributed by atoms with E-state index in [4.69, 9.17) is 9.84 Å². The number of aromatic carboxylic acids is 1. The van der Waals surface area contributed by atoms with Gasteiger partial charge in [-0.15, -0.1) is 6.58 Å². The molecule has 0 aliphatic heterocycles. The number of carbonyl (C=O) groups is 1. The largest absolute Gasteiger partial charge is 0.478 e. The van der Waals surface area contributed by atoms with E-state index in [9.17, 15) is 4.79 Å². The first-order valence-corrected chi connectivity index (χ1v) is 5.65. The second kappa shape index (κ2) is 6.68. The number of allylic oxidation sites excluding steroid dienone is 1. The Balaban J connectivity index is 2.73. The van der Waals surface area contributed by atoms with E-state index >= 15 is 0 Å². The molecule has 0 atom stereocenters. The fourth-order valence-electron chi connectivity index (χ4n) is 1.34. The highest BCUT2D eigenvalue weighted by atomic mass is 16.5. The van der Waals surface area contributed by atoms with Gasteiger partial charge >= 0.3 is 5.97 Å². The Morgan fingerprint density at radius 2 is 2.35 bits per heavy atom. The van der Waals surface area contributed by atoms with Gasteiger partial charge in [0, 0.05) is 11.8 Å². The molecule has 0 amide bonds. The van der Waals surface area contributed by atoms with Crippen molar-refractivity contribution in [1.82, 2.24) is 4.98 Å². The summed E-state index contributed by atoms with van der Waals surface area (Å²) in [6, 6.07) is 3.02. The van der Waals surface area contributed by atoms with E-state index in [1.54, 1.807) is 6.07 Å². The molecule has 0 radical (unpaired) electrons. The third kappa shape index (κ3) is 4.26. The SMILES string of the molecule is C=CCCCOc1cc(C(=O)O)cc(CC)n1. The van der Waals surface area contributed by atoms with Crippen LogP contribution >= 0.6 is 0 Å². The molecule has 0 aliphatic carbocycles. The zero-order chi connectivity index (χ0) is 12.7. The van der Waals surface area contributed by atoms with Gasteiger partial charge in [-0.25, -0.2) is 9.78 Å². The van der Waals surface area contributed by atoms with E-state index in [1.165, 1.54) is 6.07 Å². The third-order valence-corrected chi connectivity index (χ3v) is 2.27. The van der Waals surface area contributed by atoms with Crippen LogP contribution < -0.4 is 4.74 Å². The number of hydrogen-bond donors (Lipinski definition) is 1. The molecular formula is C13H17NO3. The second-order valence-corrected chi connectivity index (χ2v) is 3.62. The fraction of sp³-hybridized carbons (Fsp3) is 0.385. The van der Waals surface area contributed by atoms with Gasteiger partial charge in [-0.2, -0.15) is 0 Å². The van der Waals surface area contributed by atoms with Gasteiger partial charge in [0.1, 0.15) is 0 Å². The summed E-state index contributed by atoms with van der Waals surface area (Å²) in [5.74, 6) is -0.580. The Morgan fingerprint density at radius 3 is 2.94 bits per heavy atom. The summed E-state index contributed by atoms with van der Waals surface area (Å²) in [6.45, 7) is 6.07. The van der Waals surface area contributed by atoms with Gasteiger partial charge in [-0.3, -0.25) is 0 Å². The maximum atomic E-state index is 10.9. The number of aryl methyl sites for hydroxylation is 1. The monoisotopic (exact) mass is 235 g/mol. The summed E-state index contributed by atoms with van der Waals surface area (Å²) in [5.41, 5.74) is 0.944. The van der Waals surface area contributed by atoms with E-state index in [-0.39, 0.29) is 5.56 Å². The molecule has 4 nitrogen and oxygen atoms in total. The van der Waals surface area contributed by atoms with Crippen molar-refractivity contribution in [2.24, 2.45) is 0 Å². The molecule has 1 aromatic heterocycles. The Hall–Kier alpha value is -1.84. The number of hydrogen-bond acceptors (Lipinski definition) is 3. The lowest BCUT2D eigenvalue weighted by Crippen LogP contribution is -2.04. The molecule has 17 heavy (non-hydrogen) atoms. The third-order valence-electron chi connectivity index (χ3n) is 2.27. The minimum Gasteiger partial charge on any atom is -0.478 e. The van der Waals surface area contributed by atoms with Gasteiger partial charge in [0.05, 0.1) is 12.2 Å². The van der Waals surface area contributed by atoms with Gasteiger partial charge in [-0.1, -0.05) is 13.0 Å². The van der Waals surface area contributed by atoms with Crippen molar-refractivity contribution in [3.8, 4) is 5.88 Å². The number of unbranched alkanes of at least 4 members (excludes halogenated alkanes) is 1. The average Bonchev–Trinajstić information content (AvgIpc) is 2.34. The smallest absolute Gasteiger partial charge is 0.335 e. The summed E-state index contributed by atoms with van der Waals surface area (Å²) in [6.07, 6.45) is 4.23. The van der Waals surface area contributed by atoms with Crippen molar-refractivity contribution in [2.45, 2.75) is 26.2 Å². The normalized spacial score (nSPS) is 9.94. The zero-order valence-electron chi connectivity index (χ0n) is 9.98. The van der Waals surface area contributed by atoms with Crippen LogP contribution in [0.1, 0.15) is 35.8 Å². The molecule has 0 unspecified atom stereocenters. The highest BCUT2D eigenvalue weighted by Gasteiger charge is 2.08. The van der Waals surface area contributed by atoms with Crippen LogP contribution in [0.4, 0.5) is 0 Å². The topological polar surface area (TPSA) is 59.4 Å². The predicted octanol–water partition coefficient (Wildman–Crippen LogP) is 2.69. The molecule has 92 valence electrons. The Bertz CT molecular complexity index is 402. The number of rotatable bonds is 7. The van der Waals surface area contributed by atoms with E-state index in [2.05, 4.69) is 11.6 Å². The molecule has 1 heterocycles. The summed E-state index contributed by atoms with van der Waals surface area (Å²) >= 11 is 0. The van der Waals surface area contributed by atoms with Crippen LogP contribution in [0.15, 0.2) is 24.8 Å². The molecule has 1 rings (SSSR count). The molecule has 1 N–H and O–H groups in total. The van der Waals surface area contributed by atoms with Crippen LogP contribution in [0, 0.1) is 0 Å². The molecule has 1 aromatic rings. The second-order valence-electron chi connectivity index (χ2n) is 3.62. The number of pyridine rings is 1. The van der Waals surface area contributed by atoms with Crippen molar-refractivity contribution in [1.29, 1.82) is 0 Å². The number of carboxylic acids is 1. The quantitative estimate of drug-likeness (QED) is 0.583. The van der Waals surface area contributed by atoms with Crippen molar-refractivity contribution in [3.63, 3.8) is 0 Å². The van der Waals surface area contributed by atoms with Gasteiger partial charge in [-0.05, 0) is 25.3 Å². The summed E-state index contributed by atoms with van der Waals surface area (Å²) in [7, 11) is 0. The van der Waals surface area contributed by atoms with E-state index in [1.807, 2.05) is 13.0 Å². The standard InChI is InChI=1S/C13H17NO3/c1-3-5-6-7-17-12-9-10(13(15)16)8-11(4-2)14-12/h3,8-9H,1,4-7H2,2H3,(H,15,16). The highest BCUT2D eigenvalue weighted by molar-refractivity contribution is 5.88. The van der Waals surface area contributed by atoms with Crippen LogP contribution in [0.2, 0.25) is 0 Å². The van der Waals surface area contributed by atoms with E-state index in [0.29, 0.717) is 18.9 Å². The minimum absolute atomic E-state index is 0.218. The highest BCUT2D eigenvalue weighted by Crippen LogP contribution is 2.14. The predicted molar refractivity (Wildman–Crippen MR) is 65.5 cm³/mol. The van der Waals surface area contributed by atoms with Crippen LogP contribution in [0.3, 0.4) is 0 Å². The average molecular weight is 235 g/mol. The number of carboxylic acid groups (broad SMARTS) is 1. The summed E-state index contributed by atoms with van der Waals surface area (Å²) < 4.78 is 5.42. The van der Waals surface area contributed by atoms with Crippen LogP contribution in [0.5, 0.6) is 5.88 Å². The lowest BCUT2D eigenvalue weighted by atomic mass is 10.2. The Morgan fingerprint density at radius 1 is 1.59 bits per heavy atom. The molecule has 0 saturated heterocycles. The van der Waals surface area contributed by atoms with Crippen LogP contribution in [0.25, 0.3) is 0 Å². The molecule has 0 bridgehead atoms. The lowest BCUT2D eigenvalue weighted by molar-refractivity contribution is 0.0696. The summed E-state index contributed by atoms with van der Waals surface area (Å²) in [5, 5.41) is 8.94. The number of nitrogens with zero attached hydrogens (tertiary/aromatic N) is 1. The number of aromatic nitrogens is 1. The summed E-state index contributed by atoms with van der Waals surface area (Å²) in [4.78, 5) is 15.1. The van der Waals surface area contributed by atoms with Gasteiger partial charge in [0.15, 0.2) is 0 Å². The molecular weight excluding hydrogens is 218 g/mol. The first-order valence-electron chi connectivity index (χ1n) is 5.65. The molecule has 0 fully saturated rings. The Labute approximate surface area is 101 Å². The molecule has 0 saturated carbocycles. The maximum Gasteiger partial charge on any atom is 0.335 e. The van der Waals surface area contributed by atoms with Crippen LogP contribution in [-0.4, -0.2) is 22.7 Å². The molecule has 0 aromatic carbocycles. The van der Waals surface area contributed by atoms with Crippen molar-refractivity contribution >= 4 is 5.97 Å². The van der Waals surface area contributed by atoms with E-state index in [0.717, 1.165) is 18.5 Å². The zero-order valence-corrected chi connectivity index (χ0v) is 9.98. The first kappa shape index (κ1) is 13.2. The van der Waals surface area contributed by atoms with Crippen molar-refractivity contribution in [2.75, 3.05) is 6.61 Å². The van der Waals surface area contributed by atoms with Gasteiger partial charge in [0.2, 0.25) is 5.88 Å². The van der Waals surface area contributed by atoms with Crippen molar-refractivity contribution in [3.05, 3.63) is 36.0 Å². The molecule has 4 heteroatoms. The fourth-order valence-corrected chi connectivity index (χ4v) is 1.34. The minimum atomic E-state index is -0.960. The van der Waals surface area contributed by atoms with Crippen LogP contribution in [-0.2, 0) is 6.42 Å². The van der Waals surface area contributed by atoms with Gasteiger partial charge in [0.25, 0.3) is 0 Å². The first-order chi connectivity index (χ1) is 8.17. The Kier molecular flexibility index (Phi) is 5.20. The molecule has 0 aliphatic rings. The van der Waals surface area contributed by atoms with E-state index < -0.39 is 5.97 Å². The lowest BCUT2D eigenvalue weighted by Gasteiger charge is -2.07.